The molecule has 0 spiro atoms. The Labute approximate surface area is 101 Å². The second-order valence-electron chi connectivity index (χ2n) is 3.43. The molecule has 0 amide bonds. The lowest BCUT2D eigenvalue weighted by atomic mass is 10.3. The quantitative estimate of drug-likeness (QED) is 0.627. The van der Waals surface area contributed by atoms with Gasteiger partial charge in [-0.1, -0.05) is 0 Å². The molecule has 1 heterocycles. The van der Waals surface area contributed by atoms with Gasteiger partial charge in [0.15, 0.2) is 0 Å². The Balaban J connectivity index is 1.93. The Kier molecular flexibility index (Phi) is 3.66. The lowest BCUT2D eigenvalue weighted by Crippen LogP contribution is -2.15. The van der Waals surface area contributed by atoms with Crippen LogP contribution in [0.3, 0.4) is 0 Å². The van der Waals surface area contributed by atoms with Crippen LogP contribution in [0.25, 0.3) is 0 Å². The van der Waals surface area contributed by atoms with Gasteiger partial charge in [-0.2, -0.15) is 0 Å². The highest BCUT2D eigenvalue weighted by molar-refractivity contribution is 9.10. The summed E-state index contributed by atoms with van der Waals surface area (Å²) in [5, 5.41) is 0. The molecule has 82 valence electrons. The Morgan fingerprint density at radius 2 is 2.40 bits per heavy atom. The SMILES string of the molecule is CN(C[C@H]1CO1)Sc1ccc(Br)c(F)c1. The third kappa shape index (κ3) is 3.45. The molecule has 2 rings (SSSR count). The lowest BCUT2D eigenvalue weighted by molar-refractivity contribution is 0.373. The highest BCUT2D eigenvalue weighted by Gasteiger charge is 2.24. The maximum absolute atomic E-state index is 13.2. The molecule has 1 saturated heterocycles. The average Bonchev–Trinajstić information content (AvgIpc) is 2.95. The highest BCUT2D eigenvalue weighted by Crippen LogP contribution is 2.26. The Morgan fingerprint density at radius 3 is 3.00 bits per heavy atom. The summed E-state index contributed by atoms with van der Waals surface area (Å²) in [7, 11) is 1.98. The van der Waals surface area contributed by atoms with Gasteiger partial charge < -0.3 is 4.74 Å². The van der Waals surface area contributed by atoms with Crippen molar-refractivity contribution in [3.8, 4) is 0 Å². The van der Waals surface area contributed by atoms with Crippen molar-refractivity contribution in [2.75, 3.05) is 20.2 Å². The van der Waals surface area contributed by atoms with Crippen LogP contribution in [0.4, 0.5) is 4.39 Å². The molecule has 1 fully saturated rings. The number of rotatable bonds is 4. The maximum atomic E-state index is 13.2. The number of halogens is 2. The topological polar surface area (TPSA) is 15.8 Å². The molecule has 0 aromatic heterocycles. The van der Waals surface area contributed by atoms with Gasteiger partial charge in [0, 0.05) is 11.4 Å². The summed E-state index contributed by atoms with van der Waals surface area (Å²) in [5.74, 6) is -0.226. The summed E-state index contributed by atoms with van der Waals surface area (Å²) in [6.45, 7) is 1.72. The molecule has 5 heteroatoms. The first-order valence-corrected chi connectivity index (χ1v) is 6.17. The molecule has 0 saturated carbocycles. The van der Waals surface area contributed by atoms with Crippen LogP contribution in [0.5, 0.6) is 0 Å². The first-order valence-electron chi connectivity index (χ1n) is 4.61. The third-order valence-electron chi connectivity index (χ3n) is 2.02. The molecule has 0 bridgehead atoms. The van der Waals surface area contributed by atoms with Crippen LogP contribution in [0.1, 0.15) is 0 Å². The fourth-order valence-electron chi connectivity index (χ4n) is 1.21. The van der Waals surface area contributed by atoms with E-state index >= 15 is 0 Å². The third-order valence-corrected chi connectivity index (χ3v) is 3.58. The van der Waals surface area contributed by atoms with Gasteiger partial charge in [0.1, 0.15) is 5.82 Å². The largest absolute Gasteiger partial charge is 0.372 e. The van der Waals surface area contributed by atoms with E-state index in [1.54, 1.807) is 6.07 Å². The zero-order valence-corrected chi connectivity index (χ0v) is 10.6. The summed E-state index contributed by atoms with van der Waals surface area (Å²) in [6.07, 6.45) is 0.364. The first kappa shape index (κ1) is 11.4. The van der Waals surface area contributed by atoms with E-state index in [0.717, 1.165) is 18.0 Å². The average molecular weight is 292 g/mol. The van der Waals surface area contributed by atoms with Crippen LogP contribution >= 0.6 is 27.9 Å². The normalized spacial score (nSPS) is 19.6. The number of hydrogen-bond acceptors (Lipinski definition) is 3. The van der Waals surface area contributed by atoms with Crippen molar-refractivity contribution in [2.24, 2.45) is 0 Å². The zero-order valence-electron chi connectivity index (χ0n) is 8.24. The smallest absolute Gasteiger partial charge is 0.138 e. The molecule has 0 N–H and O–H groups in total. The van der Waals surface area contributed by atoms with Crippen molar-refractivity contribution in [1.29, 1.82) is 0 Å². The molecule has 0 unspecified atom stereocenters. The maximum Gasteiger partial charge on any atom is 0.138 e. The zero-order chi connectivity index (χ0) is 10.8. The van der Waals surface area contributed by atoms with Gasteiger partial charge in [-0.15, -0.1) is 0 Å². The minimum Gasteiger partial charge on any atom is -0.372 e. The molecule has 0 radical (unpaired) electrons. The molecular formula is C10H11BrFNOS. The first-order chi connectivity index (χ1) is 7.15. The Morgan fingerprint density at radius 1 is 1.67 bits per heavy atom. The number of ether oxygens (including phenoxy) is 1. The molecule has 0 aliphatic carbocycles. The molecular weight excluding hydrogens is 281 g/mol. The van der Waals surface area contributed by atoms with Crippen molar-refractivity contribution in [3.63, 3.8) is 0 Å². The second kappa shape index (κ2) is 4.82. The fraction of sp³-hybridized carbons (Fsp3) is 0.400. The number of epoxide rings is 1. The summed E-state index contributed by atoms with van der Waals surface area (Å²) in [6, 6.07) is 5.14. The van der Waals surface area contributed by atoms with E-state index in [4.69, 9.17) is 4.74 Å². The molecule has 1 aliphatic rings. The number of nitrogens with zero attached hydrogens (tertiary/aromatic N) is 1. The molecule has 15 heavy (non-hydrogen) atoms. The van der Waals surface area contributed by atoms with Crippen LogP contribution in [-0.4, -0.2) is 30.6 Å². The predicted molar refractivity (Wildman–Crippen MR) is 62.3 cm³/mol. The predicted octanol–water partition coefficient (Wildman–Crippen LogP) is 2.93. The summed E-state index contributed by atoms with van der Waals surface area (Å²) >= 11 is 4.66. The van der Waals surface area contributed by atoms with Gasteiger partial charge in [0.05, 0.1) is 17.2 Å². The highest BCUT2D eigenvalue weighted by atomic mass is 79.9. The van der Waals surface area contributed by atoms with Gasteiger partial charge in [0.2, 0.25) is 0 Å². The van der Waals surface area contributed by atoms with Crippen LogP contribution < -0.4 is 0 Å². The van der Waals surface area contributed by atoms with Crippen LogP contribution in [-0.2, 0) is 4.74 Å². The van der Waals surface area contributed by atoms with Gasteiger partial charge >= 0.3 is 0 Å². The number of benzene rings is 1. The van der Waals surface area contributed by atoms with Crippen molar-refractivity contribution in [3.05, 3.63) is 28.5 Å². The minimum atomic E-state index is -0.226. The van der Waals surface area contributed by atoms with Crippen molar-refractivity contribution >= 4 is 27.9 Å². The Hall–Kier alpha value is -0.100. The Bertz CT molecular complexity index is 359. The second-order valence-corrected chi connectivity index (χ2v) is 5.56. The van der Waals surface area contributed by atoms with E-state index in [-0.39, 0.29) is 5.82 Å². The summed E-state index contributed by atoms with van der Waals surface area (Å²) < 4.78 is 20.9. The van der Waals surface area contributed by atoms with Crippen molar-refractivity contribution in [2.45, 2.75) is 11.0 Å². The van der Waals surface area contributed by atoms with Crippen molar-refractivity contribution in [1.82, 2.24) is 4.31 Å². The minimum absolute atomic E-state index is 0.226. The van der Waals surface area contributed by atoms with Gasteiger partial charge in [-0.25, -0.2) is 8.70 Å². The molecule has 1 atom stereocenters. The standard InChI is InChI=1S/C10H11BrFNOS/c1-13(5-7-6-14-7)15-8-2-3-9(11)10(12)4-8/h2-4,7H,5-6H2,1H3/t7-/m0/s1. The van der Waals surface area contributed by atoms with E-state index in [1.165, 1.54) is 18.0 Å². The van der Waals surface area contributed by atoms with Gasteiger partial charge in [0.25, 0.3) is 0 Å². The van der Waals surface area contributed by atoms with E-state index in [9.17, 15) is 4.39 Å². The monoisotopic (exact) mass is 291 g/mol. The summed E-state index contributed by atoms with van der Waals surface area (Å²) in [5.41, 5.74) is 0. The van der Waals surface area contributed by atoms with Gasteiger partial charge in [-0.05, 0) is 53.1 Å². The molecule has 1 aliphatic heterocycles. The molecule has 1 aromatic carbocycles. The number of hydrogen-bond donors (Lipinski definition) is 0. The summed E-state index contributed by atoms with van der Waals surface area (Å²) in [4.78, 5) is 0.902. The molecule has 1 aromatic rings. The fourth-order valence-corrected chi connectivity index (χ4v) is 2.34. The van der Waals surface area contributed by atoms with Crippen LogP contribution in [0, 0.1) is 5.82 Å². The van der Waals surface area contributed by atoms with E-state index in [0.29, 0.717) is 10.6 Å². The van der Waals surface area contributed by atoms with Gasteiger partial charge in [-0.3, -0.25) is 0 Å². The number of likely N-dealkylation sites (N-methyl/N-ethyl adjacent to an activating group) is 1. The van der Waals surface area contributed by atoms with E-state index in [2.05, 4.69) is 20.2 Å². The van der Waals surface area contributed by atoms with E-state index in [1.807, 2.05) is 13.1 Å². The lowest BCUT2D eigenvalue weighted by Gasteiger charge is -2.13. The van der Waals surface area contributed by atoms with Crippen LogP contribution in [0.2, 0.25) is 0 Å². The molecule has 2 nitrogen and oxygen atoms in total. The van der Waals surface area contributed by atoms with Crippen molar-refractivity contribution < 1.29 is 9.13 Å². The van der Waals surface area contributed by atoms with Crippen LogP contribution in [0.15, 0.2) is 27.6 Å². The van der Waals surface area contributed by atoms with E-state index < -0.39 is 0 Å².